The van der Waals surface area contributed by atoms with Gasteiger partial charge in [0.25, 0.3) is 5.91 Å². The van der Waals surface area contributed by atoms with Crippen LogP contribution in [0.5, 0.6) is 0 Å². The van der Waals surface area contributed by atoms with Crippen molar-refractivity contribution in [2.24, 2.45) is 0 Å². The average Bonchev–Trinajstić information content (AvgIpc) is 3.32. The molecule has 1 aliphatic heterocycles. The van der Waals surface area contributed by atoms with Gasteiger partial charge in [-0.15, -0.1) is 0 Å². The van der Waals surface area contributed by atoms with Crippen molar-refractivity contribution in [2.45, 2.75) is 32.9 Å². The second kappa shape index (κ2) is 8.55. The highest BCUT2D eigenvalue weighted by Crippen LogP contribution is 2.35. The van der Waals surface area contributed by atoms with Crippen LogP contribution in [0.15, 0.2) is 78.9 Å². The number of ketones is 1. The monoisotopic (exact) mass is 465 g/mol. The molecule has 0 aliphatic carbocycles. The number of para-hydroxylation sites is 1. The number of aromatic nitrogens is 1. The average molecular weight is 466 g/mol. The molecule has 1 fully saturated rings. The lowest BCUT2D eigenvalue weighted by Crippen LogP contribution is -2.41. The molecule has 1 aromatic heterocycles. The maximum Gasteiger partial charge on any atom is 0.325 e. The number of urea groups is 1. The van der Waals surface area contributed by atoms with Crippen LogP contribution in [0.3, 0.4) is 0 Å². The van der Waals surface area contributed by atoms with Gasteiger partial charge in [0.15, 0.2) is 5.78 Å². The zero-order valence-electron chi connectivity index (χ0n) is 20.0. The number of carbonyl (C=O) groups excluding carboxylic acids is 3. The van der Waals surface area contributed by atoms with E-state index in [1.165, 1.54) is 0 Å². The summed E-state index contributed by atoms with van der Waals surface area (Å²) in [7, 11) is 0. The summed E-state index contributed by atoms with van der Waals surface area (Å²) >= 11 is 0. The standard InChI is InChI=1S/C29H27N3O3/c1-4-31-23-13-9-8-12-22(23)25(26(31)20-10-6-5-7-11-20)24(33)18-32-27(34)29(3,30-28(32)35)21-16-14-19(2)15-17-21/h5-17H,4,18H2,1-3H3,(H,30,35). The Hall–Kier alpha value is -4.19. The summed E-state index contributed by atoms with van der Waals surface area (Å²) in [4.78, 5) is 41.2. The molecule has 0 spiro atoms. The number of nitrogens with one attached hydrogen (secondary N) is 1. The SMILES string of the molecule is CCn1c(-c2ccccc2)c(C(=O)CN2C(=O)NC(C)(c3ccc(C)cc3)C2=O)c2ccccc21. The minimum absolute atomic E-state index is 0.274. The van der Waals surface area contributed by atoms with Crippen molar-refractivity contribution in [2.75, 3.05) is 6.54 Å². The molecular formula is C29H27N3O3. The lowest BCUT2D eigenvalue weighted by Gasteiger charge is -2.22. The molecule has 3 amide bonds. The molecule has 3 aromatic carbocycles. The first-order valence-electron chi connectivity index (χ1n) is 11.8. The third-order valence-corrected chi connectivity index (χ3v) is 6.82. The van der Waals surface area contributed by atoms with E-state index in [0.717, 1.165) is 32.6 Å². The number of amides is 3. The van der Waals surface area contributed by atoms with Crippen molar-refractivity contribution in [1.82, 2.24) is 14.8 Å². The minimum Gasteiger partial charge on any atom is -0.340 e. The number of carbonyl (C=O) groups is 3. The smallest absolute Gasteiger partial charge is 0.325 e. The molecular weight excluding hydrogens is 438 g/mol. The van der Waals surface area contributed by atoms with Gasteiger partial charge in [-0.25, -0.2) is 4.79 Å². The summed E-state index contributed by atoms with van der Waals surface area (Å²) in [6, 6.07) is 24.4. The second-order valence-corrected chi connectivity index (χ2v) is 9.09. The molecule has 6 nitrogen and oxygen atoms in total. The maximum atomic E-state index is 13.8. The largest absolute Gasteiger partial charge is 0.340 e. The summed E-state index contributed by atoms with van der Waals surface area (Å²) in [5, 5.41) is 3.61. The molecule has 0 bridgehead atoms. The van der Waals surface area contributed by atoms with Gasteiger partial charge in [0.2, 0.25) is 0 Å². The Morgan fingerprint density at radius 2 is 1.57 bits per heavy atom. The first-order valence-corrected chi connectivity index (χ1v) is 11.8. The van der Waals surface area contributed by atoms with Crippen LogP contribution in [0.4, 0.5) is 4.79 Å². The van der Waals surface area contributed by atoms with Crippen LogP contribution in [0.2, 0.25) is 0 Å². The lowest BCUT2D eigenvalue weighted by atomic mass is 9.91. The molecule has 176 valence electrons. The topological polar surface area (TPSA) is 71.4 Å². The Bertz CT molecular complexity index is 1450. The minimum atomic E-state index is -1.22. The van der Waals surface area contributed by atoms with Crippen LogP contribution in [-0.4, -0.2) is 33.7 Å². The third-order valence-electron chi connectivity index (χ3n) is 6.82. The highest BCUT2D eigenvalue weighted by molar-refractivity contribution is 6.17. The molecule has 1 aliphatic rings. The number of Topliss-reactive ketones (excluding diaryl/α,β-unsaturated/α-hetero) is 1. The highest BCUT2D eigenvalue weighted by atomic mass is 16.2. The molecule has 1 N–H and O–H groups in total. The third kappa shape index (κ3) is 3.62. The van der Waals surface area contributed by atoms with Crippen LogP contribution in [0.25, 0.3) is 22.2 Å². The van der Waals surface area contributed by atoms with Crippen molar-refractivity contribution in [1.29, 1.82) is 0 Å². The van der Waals surface area contributed by atoms with E-state index in [2.05, 4.69) is 9.88 Å². The second-order valence-electron chi connectivity index (χ2n) is 9.09. The molecule has 2 heterocycles. The summed E-state index contributed by atoms with van der Waals surface area (Å²) in [5.74, 6) is -0.705. The van der Waals surface area contributed by atoms with Crippen LogP contribution < -0.4 is 5.32 Å². The predicted molar refractivity (Wildman–Crippen MR) is 136 cm³/mol. The zero-order valence-corrected chi connectivity index (χ0v) is 20.0. The summed E-state index contributed by atoms with van der Waals surface area (Å²) in [6.45, 7) is 6.03. The van der Waals surface area contributed by atoms with Crippen LogP contribution in [0, 0.1) is 6.92 Å². The van der Waals surface area contributed by atoms with E-state index in [-0.39, 0.29) is 12.3 Å². The number of benzene rings is 3. The van der Waals surface area contributed by atoms with E-state index in [9.17, 15) is 14.4 Å². The fourth-order valence-corrected chi connectivity index (χ4v) is 4.96. The van der Waals surface area contributed by atoms with Gasteiger partial charge in [-0.05, 0) is 38.0 Å². The van der Waals surface area contributed by atoms with Crippen molar-refractivity contribution in [3.05, 3.63) is 95.6 Å². The van der Waals surface area contributed by atoms with E-state index in [0.29, 0.717) is 17.7 Å². The number of hydrogen-bond acceptors (Lipinski definition) is 3. The van der Waals surface area contributed by atoms with Gasteiger partial charge in [-0.3, -0.25) is 14.5 Å². The number of nitrogens with zero attached hydrogens (tertiary/aromatic N) is 2. The number of aryl methyl sites for hydroxylation is 2. The van der Waals surface area contributed by atoms with E-state index >= 15 is 0 Å². The van der Waals surface area contributed by atoms with Crippen LogP contribution >= 0.6 is 0 Å². The van der Waals surface area contributed by atoms with Gasteiger partial charge in [0.1, 0.15) is 5.54 Å². The fraction of sp³-hybridized carbons (Fsp3) is 0.207. The normalized spacial score (nSPS) is 17.7. The molecule has 1 unspecified atom stereocenters. The maximum absolute atomic E-state index is 13.8. The summed E-state index contributed by atoms with van der Waals surface area (Å²) in [5.41, 5.74) is 3.70. The number of imide groups is 1. The highest BCUT2D eigenvalue weighted by Gasteiger charge is 2.49. The molecule has 1 atom stereocenters. The lowest BCUT2D eigenvalue weighted by molar-refractivity contribution is -0.130. The number of rotatable bonds is 6. The summed E-state index contributed by atoms with van der Waals surface area (Å²) in [6.07, 6.45) is 0. The Labute approximate surface area is 204 Å². The number of hydrogen-bond donors (Lipinski definition) is 1. The molecule has 0 saturated carbocycles. The molecule has 35 heavy (non-hydrogen) atoms. The molecule has 1 saturated heterocycles. The van der Waals surface area contributed by atoms with Gasteiger partial charge >= 0.3 is 6.03 Å². The molecule has 0 radical (unpaired) electrons. The molecule has 6 heteroatoms. The van der Waals surface area contributed by atoms with Crippen molar-refractivity contribution >= 4 is 28.6 Å². The molecule has 4 aromatic rings. The first-order chi connectivity index (χ1) is 16.8. The van der Waals surface area contributed by atoms with Gasteiger partial charge in [-0.2, -0.15) is 0 Å². The van der Waals surface area contributed by atoms with E-state index < -0.39 is 17.5 Å². The van der Waals surface area contributed by atoms with E-state index in [1.54, 1.807) is 6.92 Å². The van der Waals surface area contributed by atoms with Crippen LogP contribution in [-0.2, 0) is 16.9 Å². The van der Waals surface area contributed by atoms with E-state index in [1.807, 2.05) is 92.7 Å². The summed E-state index contributed by atoms with van der Waals surface area (Å²) < 4.78 is 2.11. The Balaban J connectivity index is 1.56. The molecule has 5 rings (SSSR count). The van der Waals surface area contributed by atoms with Gasteiger partial charge in [0.05, 0.1) is 17.8 Å². The van der Waals surface area contributed by atoms with Gasteiger partial charge in [0, 0.05) is 17.4 Å². The van der Waals surface area contributed by atoms with Crippen molar-refractivity contribution < 1.29 is 14.4 Å². The Morgan fingerprint density at radius 3 is 2.26 bits per heavy atom. The Morgan fingerprint density at radius 1 is 0.914 bits per heavy atom. The van der Waals surface area contributed by atoms with Crippen LogP contribution in [0.1, 0.15) is 35.3 Å². The van der Waals surface area contributed by atoms with Crippen molar-refractivity contribution in [3.63, 3.8) is 0 Å². The predicted octanol–water partition coefficient (Wildman–Crippen LogP) is 5.29. The first kappa shape index (κ1) is 22.6. The number of fused-ring (bicyclic) bond motifs is 1. The van der Waals surface area contributed by atoms with Gasteiger partial charge in [-0.1, -0.05) is 78.4 Å². The fourth-order valence-electron chi connectivity index (χ4n) is 4.96. The quantitative estimate of drug-likeness (QED) is 0.311. The van der Waals surface area contributed by atoms with E-state index in [4.69, 9.17) is 0 Å². The zero-order chi connectivity index (χ0) is 24.7. The Kier molecular flexibility index (Phi) is 5.52. The van der Waals surface area contributed by atoms with Gasteiger partial charge < -0.3 is 9.88 Å². The van der Waals surface area contributed by atoms with Crippen molar-refractivity contribution in [3.8, 4) is 11.3 Å².